The molecule has 1 N–H and O–H groups in total. The zero-order chi connectivity index (χ0) is 23.0. The molecule has 0 saturated heterocycles. The summed E-state index contributed by atoms with van der Waals surface area (Å²) in [5, 5.41) is 14.6. The molecule has 0 unspecified atom stereocenters. The van der Waals surface area contributed by atoms with Crippen LogP contribution in [0.4, 0.5) is 11.5 Å². The Balaban J connectivity index is 1.92. The first-order valence-corrected chi connectivity index (χ1v) is 10.9. The lowest BCUT2D eigenvalue weighted by atomic mass is 10.1. The number of nitrogens with zero attached hydrogens (tertiary/aromatic N) is 3. The topological polar surface area (TPSA) is 61.2 Å². The van der Waals surface area contributed by atoms with E-state index in [1.165, 1.54) is 11.1 Å². The highest BCUT2D eigenvalue weighted by atomic mass is 16.5. The van der Waals surface area contributed by atoms with Crippen molar-refractivity contribution in [2.24, 2.45) is 0 Å². The number of anilines is 2. The third kappa shape index (κ3) is 3.77. The average molecular weight is 431 g/mol. The van der Waals surface area contributed by atoms with E-state index >= 15 is 0 Å². The summed E-state index contributed by atoms with van der Waals surface area (Å²) in [6.07, 6.45) is 0. The summed E-state index contributed by atoms with van der Waals surface area (Å²) in [6, 6.07) is 12.3. The number of aryl methyl sites for hydroxylation is 5. The van der Waals surface area contributed by atoms with Crippen molar-refractivity contribution < 1.29 is 9.47 Å². The highest BCUT2D eigenvalue weighted by Gasteiger charge is 2.21. The van der Waals surface area contributed by atoms with Crippen molar-refractivity contribution in [3.63, 3.8) is 0 Å². The number of hydrogen-bond acceptors (Lipinski definition) is 5. The second-order valence-electron chi connectivity index (χ2n) is 8.16. The molecule has 0 amide bonds. The summed E-state index contributed by atoms with van der Waals surface area (Å²) >= 11 is 0. The molecule has 2 heterocycles. The molecule has 6 nitrogen and oxygen atoms in total. The van der Waals surface area contributed by atoms with E-state index in [-0.39, 0.29) is 0 Å². The number of hydrogen-bond donors (Lipinski definition) is 1. The highest BCUT2D eigenvalue weighted by molar-refractivity contribution is 5.99. The van der Waals surface area contributed by atoms with Crippen LogP contribution in [-0.2, 0) is 0 Å². The number of methoxy groups -OCH3 is 1. The predicted molar refractivity (Wildman–Crippen MR) is 130 cm³/mol. The summed E-state index contributed by atoms with van der Waals surface area (Å²) in [6.45, 7) is 13.0. The molecule has 0 radical (unpaired) electrons. The van der Waals surface area contributed by atoms with Crippen LogP contribution < -0.4 is 14.8 Å². The monoisotopic (exact) mass is 430 g/mol. The molecule has 4 aromatic rings. The SMILES string of the molecule is CCOc1ccc(-n2c(C)c3c(C)nnc(Nc4cc(C)cc(C)c4)c3c2C)c(OC)c1. The molecule has 2 aromatic heterocycles. The van der Waals surface area contributed by atoms with E-state index in [4.69, 9.17) is 9.47 Å². The third-order valence-corrected chi connectivity index (χ3v) is 5.73. The predicted octanol–water partition coefficient (Wildman–Crippen LogP) is 6.11. The molecular weight excluding hydrogens is 400 g/mol. The normalized spacial score (nSPS) is 11.1. The molecule has 2 aromatic carbocycles. The number of rotatable bonds is 6. The van der Waals surface area contributed by atoms with Crippen molar-refractivity contribution in [2.45, 2.75) is 41.5 Å². The van der Waals surface area contributed by atoms with Gasteiger partial charge < -0.3 is 19.4 Å². The van der Waals surface area contributed by atoms with E-state index in [1.807, 2.05) is 32.0 Å². The largest absolute Gasteiger partial charge is 0.494 e. The maximum absolute atomic E-state index is 5.73. The number of benzene rings is 2. The smallest absolute Gasteiger partial charge is 0.162 e. The van der Waals surface area contributed by atoms with E-state index in [0.717, 1.165) is 56.5 Å². The van der Waals surface area contributed by atoms with Gasteiger partial charge in [0, 0.05) is 33.9 Å². The summed E-state index contributed by atoms with van der Waals surface area (Å²) in [4.78, 5) is 0. The van der Waals surface area contributed by atoms with Crippen LogP contribution in [0.25, 0.3) is 16.5 Å². The molecule has 0 aliphatic heterocycles. The minimum absolute atomic E-state index is 0.609. The Bertz CT molecular complexity index is 1290. The molecule has 0 aliphatic rings. The zero-order valence-corrected chi connectivity index (χ0v) is 19.8. The molecule has 4 rings (SSSR count). The van der Waals surface area contributed by atoms with Gasteiger partial charge in [0.1, 0.15) is 11.5 Å². The molecule has 0 saturated carbocycles. The van der Waals surface area contributed by atoms with Crippen LogP contribution in [0.5, 0.6) is 11.5 Å². The Morgan fingerprint density at radius 3 is 2.22 bits per heavy atom. The molecule has 0 bridgehead atoms. The van der Waals surface area contributed by atoms with Crippen LogP contribution in [0.15, 0.2) is 36.4 Å². The number of aromatic nitrogens is 3. The first-order chi connectivity index (χ1) is 15.3. The molecule has 0 fully saturated rings. The first-order valence-electron chi connectivity index (χ1n) is 10.9. The van der Waals surface area contributed by atoms with Crippen LogP contribution in [0.3, 0.4) is 0 Å². The standard InChI is InChI=1S/C26H30N4O2/c1-8-32-21-9-10-22(23(14-21)31-7)30-18(5)24-17(4)28-29-26(25(24)19(30)6)27-20-12-15(2)11-16(3)13-20/h9-14H,8H2,1-7H3,(H,27,29). The number of fused-ring (bicyclic) bond motifs is 1. The van der Waals surface area contributed by atoms with Gasteiger partial charge in [0.05, 0.1) is 25.1 Å². The van der Waals surface area contributed by atoms with Gasteiger partial charge in [0.15, 0.2) is 5.82 Å². The minimum Gasteiger partial charge on any atom is -0.494 e. The molecule has 0 atom stereocenters. The van der Waals surface area contributed by atoms with Gasteiger partial charge >= 0.3 is 0 Å². The zero-order valence-electron chi connectivity index (χ0n) is 19.8. The summed E-state index contributed by atoms with van der Waals surface area (Å²) < 4.78 is 13.6. The van der Waals surface area contributed by atoms with Gasteiger partial charge in [-0.2, -0.15) is 5.10 Å². The summed E-state index contributed by atoms with van der Waals surface area (Å²) in [7, 11) is 1.68. The van der Waals surface area contributed by atoms with Crippen LogP contribution in [0.1, 0.15) is 35.1 Å². The quantitative estimate of drug-likeness (QED) is 0.400. The third-order valence-electron chi connectivity index (χ3n) is 5.73. The van der Waals surface area contributed by atoms with Crippen molar-refractivity contribution in [1.82, 2.24) is 14.8 Å². The fraction of sp³-hybridized carbons (Fsp3) is 0.308. The number of ether oxygens (including phenoxy) is 2. The van der Waals surface area contributed by atoms with E-state index in [1.54, 1.807) is 7.11 Å². The van der Waals surface area contributed by atoms with Crippen LogP contribution in [0.2, 0.25) is 0 Å². The highest BCUT2D eigenvalue weighted by Crippen LogP contribution is 2.38. The molecule has 166 valence electrons. The second kappa shape index (κ2) is 8.54. The van der Waals surface area contributed by atoms with Crippen molar-refractivity contribution in [3.05, 3.63) is 64.6 Å². The van der Waals surface area contributed by atoms with Crippen LogP contribution >= 0.6 is 0 Å². The van der Waals surface area contributed by atoms with Gasteiger partial charge in [-0.25, -0.2) is 0 Å². The summed E-state index contributed by atoms with van der Waals surface area (Å²) in [5.41, 5.74) is 7.43. The van der Waals surface area contributed by atoms with Crippen molar-refractivity contribution >= 4 is 22.3 Å². The molecule has 6 heteroatoms. The molecule has 32 heavy (non-hydrogen) atoms. The van der Waals surface area contributed by atoms with Gasteiger partial charge in [-0.1, -0.05) is 6.07 Å². The van der Waals surface area contributed by atoms with Crippen molar-refractivity contribution in [3.8, 4) is 17.2 Å². The van der Waals surface area contributed by atoms with E-state index in [9.17, 15) is 0 Å². The van der Waals surface area contributed by atoms with E-state index in [0.29, 0.717) is 6.61 Å². The first kappa shape index (κ1) is 21.7. The van der Waals surface area contributed by atoms with Crippen molar-refractivity contribution in [1.29, 1.82) is 0 Å². The van der Waals surface area contributed by atoms with Crippen LogP contribution in [-0.4, -0.2) is 28.5 Å². The van der Waals surface area contributed by atoms with Gasteiger partial charge in [0.25, 0.3) is 0 Å². The second-order valence-corrected chi connectivity index (χ2v) is 8.16. The van der Waals surface area contributed by atoms with E-state index in [2.05, 4.69) is 66.0 Å². The Hall–Kier alpha value is -3.54. The molecule has 0 aliphatic carbocycles. The Morgan fingerprint density at radius 2 is 1.56 bits per heavy atom. The molecular formula is C26H30N4O2. The minimum atomic E-state index is 0.609. The lowest BCUT2D eigenvalue weighted by molar-refractivity contribution is 0.336. The summed E-state index contributed by atoms with van der Waals surface area (Å²) in [5.74, 6) is 2.29. The average Bonchev–Trinajstić information content (AvgIpc) is 3.01. The Morgan fingerprint density at radius 1 is 0.875 bits per heavy atom. The fourth-order valence-corrected chi connectivity index (χ4v) is 4.53. The van der Waals surface area contributed by atoms with Gasteiger partial charge in [-0.05, 0) is 76.9 Å². The fourth-order valence-electron chi connectivity index (χ4n) is 4.53. The Kier molecular flexibility index (Phi) is 5.78. The lowest BCUT2D eigenvalue weighted by Gasteiger charge is -2.15. The van der Waals surface area contributed by atoms with Crippen LogP contribution in [0, 0.1) is 34.6 Å². The van der Waals surface area contributed by atoms with Crippen molar-refractivity contribution in [2.75, 3.05) is 19.0 Å². The van der Waals surface area contributed by atoms with Gasteiger partial charge in [0.2, 0.25) is 0 Å². The van der Waals surface area contributed by atoms with Gasteiger partial charge in [-0.15, -0.1) is 5.10 Å². The maximum Gasteiger partial charge on any atom is 0.162 e. The Labute approximate surface area is 189 Å². The number of nitrogens with one attached hydrogen (secondary N) is 1. The molecule has 0 spiro atoms. The maximum atomic E-state index is 5.73. The lowest BCUT2D eigenvalue weighted by Crippen LogP contribution is -2.03. The van der Waals surface area contributed by atoms with Gasteiger partial charge in [-0.3, -0.25) is 0 Å². The van der Waals surface area contributed by atoms with E-state index < -0.39 is 0 Å².